The maximum atomic E-state index is 12.3. The molecule has 3 unspecified atom stereocenters. The number of aliphatic hydroxyl groups excluding tert-OH is 1. The standard InChI is InChI=1S/C18H28N2O2/c1-13-4-5-14(2)20(13)15(3)18(22)19-11-10-16-6-8-17(12-21)9-7-16/h6-9,13-15,21H,4-5,10-12H2,1-3H3,(H,19,22). The van der Waals surface area contributed by atoms with Crippen molar-refractivity contribution in [1.29, 1.82) is 0 Å². The van der Waals surface area contributed by atoms with Crippen LogP contribution in [0.5, 0.6) is 0 Å². The minimum Gasteiger partial charge on any atom is -0.392 e. The first-order valence-corrected chi connectivity index (χ1v) is 8.26. The lowest BCUT2D eigenvalue weighted by molar-refractivity contribution is -0.126. The highest BCUT2D eigenvalue weighted by Crippen LogP contribution is 2.25. The van der Waals surface area contributed by atoms with Gasteiger partial charge in [-0.3, -0.25) is 9.69 Å². The summed E-state index contributed by atoms with van der Waals surface area (Å²) in [5.74, 6) is 0.118. The molecule has 1 heterocycles. The van der Waals surface area contributed by atoms with Crippen molar-refractivity contribution in [3.05, 3.63) is 35.4 Å². The molecule has 0 saturated carbocycles. The average Bonchev–Trinajstić information content (AvgIpc) is 2.86. The van der Waals surface area contributed by atoms with Crippen LogP contribution in [0.4, 0.5) is 0 Å². The summed E-state index contributed by atoms with van der Waals surface area (Å²) in [6.45, 7) is 7.13. The van der Waals surface area contributed by atoms with Gasteiger partial charge in [0.2, 0.25) is 5.91 Å². The van der Waals surface area contributed by atoms with Gasteiger partial charge in [0, 0.05) is 18.6 Å². The summed E-state index contributed by atoms with van der Waals surface area (Å²) in [5.41, 5.74) is 2.09. The Morgan fingerprint density at radius 3 is 2.32 bits per heavy atom. The first-order valence-electron chi connectivity index (χ1n) is 8.26. The molecular formula is C18H28N2O2. The molecule has 0 bridgehead atoms. The van der Waals surface area contributed by atoms with Crippen LogP contribution in [0.15, 0.2) is 24.3 Å². The Balaban J connectivity index is 1.79. The minimum absolute atomic E-state index is 0.0655. The van der Waals surface area contributed by atoms with Crippen LogP contribution < -0.4 is 5.32 Å². The third-order valence-electron chi connectivity index (χ3n) is 4.77. The van der Waals surface area contributed by atoms with Gasteiger partial charge in [0.1, 0.15) is 0 Å². The van der Waals surface area contributed by atoms with E-state index in [-0.39, 0.29) is 18.6 Å². The van der Waals surface area contributed by atoms with E-state index in [0.717, 1.165) is 12.0 Å². The monoisotopic (exact) mass is 304 g/mol. The van der Waals surface area contributed by atoms with Gasteiger partial charge in [-0.2, -0.15) is 0 Å². The summed E-state index contributed by atoms with van der Waals surface area (Å²) in [4.78, 5) is 14.7. The van der Waals surface area contributed by atoms with E-state index in [1.165, 1.54) is 18.4 Å². The molecule has 2 rings (SSSR count). The first kappa shape index (κ1) is 17.0. The number of nitrogens with zero attached hydrogens (tertiary/aromatic N) is 1. The van der Waals surface area contributed by atoms with Gasteiger partial charge >= 0.3 is 0 Å². The fourth-order valence-electron chi connectivity index (χ4n) is 3.40. The van der Waals surface area contributed by atoms with E-state index in [1.54, 1.807) is 0 Å². The van der Waals surface area contributed by atoms with E-state index in [1.807, 2.05) is 31.2 Å². The second kappa shape index (κ2) is 7.75. The second-order valence-corrected chi connectivity index (χ2v) is 6.41. The summed E-state index contributed by atoms with van der Waals surface area (Å²) >= 11 is 0. The van der Waals surface area contributed by atoms with Crippen LogP contribution in [0.2, 0.25) is 0 Å². The van der Waals surface area contributed by atoms with Crippen LogP contribution >= 0.6 is 0 Å². The molecule has 0 aromatic heterocycles. The molecule has 2 N–H and O–H groups in total. The molecule has 22 heavy (non-hydrogen) atoms. The number of carbonyl (C=O) groups is 1. The minimum atomic E-state index is -0.0655. The van der Waals surface area contributed by atoms with Gasteiger partial charge in [-0.1, -0.05) is 24.3 Å². The van der Waals surface area contributed by atoms with Crippen molar-refractivity contribution in [2.75, 3.05) is 6.54 Å². The average molecular weight is 304 g/mol. The molecule has 1 fully saturated rings. The molecule has 0 aliphatic carbocycles. The van der Waals surface area contributed by atoms with Crippen molar-refractivity contribution in [2.24, 2.45) is 0 Å². The van der Waals surface area contributed by atoms with E-state index in [0.29, 0.717) is 18.6 Å². The predicted octanol–water partition coefficient (Wildman–Crippen LogP) is 2.10. The summed E-state index contributed by atoms with van der Waals surface area (Å²) < 4.78 is 0. The van der Waals surface area contributed by atoms with Gasteiger partial charge in [0.15, 0.2) is 0 Å². The molecule has 1 aromatic carbocycles. The van der Waals surface area contributed by atoms with Crippen LogP contribution in [0.3, 0.4) is 0 Å². The molecule has 1 aliphatic heterocycles. The topological polar surface area (TPSA) is 52.6 Å². The van der Waals surface area contributed by atoms with Crippen LogP contribution in [0.25, 0.3) is 0 Å². The van der Waals surface area contributed by atoms with Crippen LogP contribution in [-0.2, 0) is 17.8 Å². The molecule has 1 saturated heterocycles. The lowest BCUT2D eigenvalue weighted by Crippen LogP contribution is -2.49. The highest BCUT2D eigenvalue weighted by molar-refractivity contribution is 5.81. The lowest BCUT2D eigenvalue weighted by Gasteiger charge is -2.31. The Morgan fingerprint density at radius 2 is 1.77 bits per heavy atom. The van der Waals surface area contributed by atoms with Crippen LogP contribution in [-0.4, -0.2) is 40.6 Å². The van der Waals surface area contributed by atoms with Crippen molar-refractivity contribution < 1.29 is 9.90 Å². The molecule has 0 radical (unpaired) electrons. The van der Waals surface area contributed by atoms with Crippen molar-refractivity contribution >= 4 is 5.91 Å². The number of carbonyl (C=O) groups excluding carboxylic acids is 1. The second-order valence-electron chi connectivity index (χ2n) is 6.41. The Bertz CT molecular complexity index is 476. The first-order chi connectivity index (χ1) is 10.5. The van der Waals surface area contributed by atoms with Crippen molar-refractivity contribution in [2.45, 2.75) is 64.8 Å². The maximum Gasteiger partial charge on any atom is 0.237 e. The van der Waals surface area contributed by atoms with Gasteiger partial charge in [-0.05, 0) is 51.2 Å². The number of nitrogens with one attached hydrogen (secondary N) is 1. The zero-order chi connectivity index (χ0) is 16.1. The number of likely N-dealkylation sites (tertiary alicyclic amines) is 1. The van der Waals surface area contributed by atoms with Gasteiger partial charge in [-0.25, -0.2) is 0 Å². The Morgan fingerprint density at radius 1 is 1.23 bits per heavy atom. The van der Waals surface area contributed by atoms with Gasteiger partial charge < -0.3 is 10.4 Å². The van der Waals surface area contributed by atoms with E-state index >= 15 is 0 Å². The molecule has 4 heteroatoms. The number of aliphatic hydroxyl groups is 1. The fourth-order valence-corrected chi connectivity index (χ4v) is 3.40. The number of rotatable bonds is 6. The molecule has 4 nitrogen and oxygen atoms in total. The highest BCUT2D eigenvalue weighted by atomic mass is 16.3. The molecule has 0 spiro atoms. The summed E-state index contributed by atoms with van der Waals surface area (Å²) in [7, 11) is 0. The SMILES string of the molecule is CC1CCC(C)N1C(C)C(=O)NCCc1ccc(CO)cc1. The van der Waals surface area contributed by atoms with E-state index < -0.39 is 0 Å². The summed E-state index contributed by atoms with van der Waals surface area (Å²) in [5, 5.41) is 12.1. The van der Waals surface area contributed by atoms with Crippen LogP contribution in [0.1, 0.15) is 44.7 Å². The van der Waals surface area contributed by atoms with E-state index in [2.05, 4.69) is 24.1 Å². The fraction of sp³-hybridized carbons (Fsp3) is 0.611. The number of amides is 1. The smallest absolute Gasteiger partial charge is 0.237 e. The zero-order valence-corrected chi connectivity index (χ0v) is 13.9. The molecule has 122 valence electrons. The molecule has 1 aliphatic rings. The summed E-state index contributed by atoms with van der Waals surface area (Å²) in [6.07, 6.45) is 3.17. The van der Waals surface area contributed by atoms with E-state index in [4.69, 9.17) is 5.11 Å². The predicted molar refractivity (Wildman–Crippen MR) is 88.5 cm³/mol. The quantitative estimate of drug-likeness (QED) is 0.846. The third-order valence-corrected chi connectivity index (χ3v) is 4.77. The maximum absolute atomic E-state index is 12.3. The van der Waals surface area contributed by atoms with Gasteiger partial charge in [-0.15, -0.1) is 0 Å². The van der Waals surface area contributed by atoms with Gasteiger partial charge in [0.05, 0.1) is 12.6 Å². The zero-order valence-electron chi connectivity index (χ0n) is 13.9. The normalized spacial score (nSPS) is 23.5. The number of hydrogen-bond donors (Lipinski definition) is 2. The van der Waals surface area contributed by atoms with Crippen molar-refractivity contribution in [3.63, 3.8) is 0 Å². The molecule has 3 atom stereocenters. The third kappa shape index (κ3) is 4.08. The highest BCUT2D eigenvalue weighted by Gasteiger charge is 2.33. The Labute approximate surface area is 133 Å². The number of benzene rings is 1. The molecular weight excluding hydrogens is 276 g/mol. The molecule has 1 aromatic rings. The molecule has 1 amide bonds. The summed E-state index contributed by atoms with van der Waals surface area (Å²) in [6, 6.07) is 8.77. The van der Waals surface area contributed by atoms with Crippen molar-refractivity contribution in [3.8, 4) is 0 Å². The van der Waals surface area contributed by atoms with E-state index in [9.17, 15) is 4.79 Å². The number of hydrogen-bond acceptors (Lipinski definition) is 3. The van der Waals surface area contributed by atoms with Crippen molar-refractivity contribution in [1.82, 2.24) is 10.2 Å². The largest absolute Gasteiger partial charge is 0.392 e. The lowest BCUT2D eigenvalue weighted by atomic mass is 10.1. The van der Waals surface area contributed by atoms with Gasteiger partial charge in [0.25, 0.3) is 0 Å². The Hall–Kier alpha value is -1.39. The Kier molecular flexibility index (Phi) is 5.98. The van der Waals surface area contributed by atoms with Crippen LogP contribution in [0, 0.1) is 0 Å².